The summed E-state index contributed by atoms with van der Waals surface area (Å²) < 4.78 is 0. The van der Waals surface area contributed by atoms with Crippen LogP contribution in [0.1, 0.15) is 25.1 Å². The number of aromatic nitrogens is 1. The minimum Gasteiger partial charge on any atom is -0.359 e. The van der Waals surface area contributed by atoms with Crippen molar-refractivity contribution in [2.24, 2.45) is 0 Å². The summed E-state index contributed by atoms with van der Waals surface area (Å²) in [6, 6.07) is 11.0. The van der Waals surface area contributed by atoms with Crippen LogP contribution in [0.2, 0.25) is 0 Å². The molecule has 0 bridgehead atoms. The lowest BCUT2D eigenvalue weighted by Gasteiger charge is -2.12. The van der Waals surface area contributed by atoms with E-state index < -0.39 is 0 Å². The summed E-state index contributed by atoms with van der Waals surface area (Å²) >= 11 is 1.69. The third kappa shape index (κ3) is 3.56. The van der Waals surface area contributed by atoms with Crippen LogP contribution in [0.15, 0.2) is 35.7 Å². The van der Waals surface area contributed by atoms with Crippen molar-refractivity contribution in [3.8, 4) is 0 Å². The number of thiazole rings is 1. The van der Waals surface area contributed by atoms with Crippen molar-refractivity contribution in [2.45, 2.75) is 32.7 Å². The van der Waals surface area contributed by atoms with Crippen molar-refractivity contribution in [3.05, 3.63) is 47.0 Å². The topological polar surface area (TPSA) is 24.9 Å². The van der Waals surface area contributed by atoms with Gasteiger partial charge in [0, 0.05) is 11.4 Å². The summed E-state index contributed by atoms with van der Waals surface area (Å²) in [5.74, 6) is 0. The van der Waals surface area contributed by atoms with E-state index in [9.17, 15) is 0 Å². The molecule has 2 aromatic rings. The lowest BCUT2D eigenvalue weighted by Crippen LogP contribution is -2.17. The van der Waals surface area contributed by atoms with E-state index in [4.69, 9.17) is 0 Å². The number of nitrogens with zero attached hydrogens (tertiary/aromatic N) is 1. The Bertz CT molecular complexity index is 450. The summed E-state index contributed by atoms with van der Waals surface area (Å²) in [5, 5.41) is 6.61. The van der Waals surface area contributed by atoms with Crippen molar-refractivity contribution in [2.75, 3.05) is 5.32 Å². The zero-order valence-electron chi connectivity index (χ0n) is 10.3. The van der Waals surface area contributed by atoms with Crippen LogP contribution in [-0.4, -0.2) is 11.0 Å². The smallest absolute Gasteiger partial charge is 0.183 e. The van der Waals surface area contributed by atoms with Crippen molar-refractivity contribution in [1.29, 1.82) is 0 Å². The molecule has 1 aromatic carbocycles. The Morgan fingerprint density at radius 2 is 2.06 bits per heavy atom. The van der Waals surface area contributed by atoms with Gasteiger partial charge in [-0.05, 0) is 25.3 Å². The van der Waals surface area contributed by atoms with Crippen LogP contribution in [0.3, 0.4) is 0 Å². The fraction of sp³-hybridized carbons (Fsp3) is 0.357. The average molecular weight is 246 g/mol. The van der Waals surface area contributed by atoms with Gasteiger partial charge in [0.15, 0.2) is 5.13 Å². The van der Waals surface area contributed by atoms with E-state index in [1.54, 1.807) is 11.3 Å². The Labute approximate surface area is 107 Å². The molecule has 0 aliphatic carbocycles. The number of anilines is 1. The zero-order chi connectivity index (χ0) is 12.1. The standard InChI is InChI=1S/C14H18N2S/c1-3-13-10-17-14(16-13)15-11(2)9-12-7-5-4-6-8-12/h4-8,10-11H,3,9H2,1-2H3,(H,15,16). The third-order valence-corrected chi connectivity index (χ3v) is 3.49. The Morgan fingerprint density at radius 1 is 1.29 bits per heavy atom. The van der Waals surface area contributed by atoms with E-state index >= 15 is 0 Å². The van der Waals surface area contributed by atoms with E-state index in [0.717, 1.165) is 18.0 Å². The van der Waals surface area contributed by atoms with Crippen LogP contribution in [0.4, 0.5) is 5.13 Å². The molecule has 0 saturated carbocycles. The molecular formula is C14H18N2S. The van der Waals surface area contributed by atoms with Gasteiger partial charge in [-0.25, -0.2) is 4.98 Å². The summed E-state index contributed by atoms with van der Waals surface area (Å²) in [7, 11) is 0. The van der Waals surface area contributed by atoms with E-state index in [0.29, 0.717) is 6.04 Å². The molecule has 1 unspecified atom stereocenters. The molecule has 0 fully saturated rings. The van der Waals surface area contributed by atoms with Crippen LogP contribution in [0.25, 0.3) is 0 Å². The molecular weight excluding hydrogens is 228 g/mol. The van der Waals surface area contributed by atoms with Gasteiger partial charge in [-0.1, -0.05) is 37.3 Å². The highest BCUT2D eigenvalue weighted by atomic mass is 32.1. The highest BCUT2D eigenvalue weighted by Gasteiger charge is 2.06. The second kappa shape index (κ2) is 5.82. The second-order valence-corrected chi connectivity index (χ2v) is 5.09. The minimum atomic E-state index is 0.410. The first-order chi connectivity index (χ1) is 8.28. The van der Waals surface area contributed by atoms with Crippen LogP contribution < -0.4 is 5.32 Å². The summed E-state index contributed by atoms with van der Waals surface area (Å²) in [6.07, 6.45) is 2.03. The van der Waals surface area contributed by atoms with Gasteiger partial charge in [0.05, 0.1) is 5.69 Å². The van der Waals surface area contributed by atoms with Gasteiger partial charge in [-0.3, -0.25) is 0 Å². The van der Waals surface area contributed by atoms with Crippen LogP contribution in [-0.2, 0) is 12.8 Å². The van der Waals surface area contributed by atoms with Crippen LogP contribution in [0, 0.1) is 0 Å². The van der Waals surface area contributed by atoms with E-state index in [2.05, 4.69) is 59.9 Å². The van der Waals surface area contributed by atoms with Gasteiger partial charge in [0.25, 0.3) is 0 Å². The molecule has 90 valence electrons. The first-order valence-electron chi connectivity index (χ1n) is 6.02. The summed E-state index contributed by atoms with van der Waals surface area (Å²) in [5.41, 5.74) is 2.53. The monoisotopic (exact) mass is 246 g/mol. The van der Waals surface area contributed by atoms with E-state index in [1.165, 1.54) is 11.3 Å². The molecule has 1 atom stereocenters. The van der Waals surface area contributed by atoms with Crippen molar-refractivity contribution >= 4 is 16.5 Å². The molecule has 0 radical (unpaired) electrons. The summed E-state index contributed by atoms with van der Waals surface area (Å²) in [4.78, 5) is 4.52. The number of rotatable bonds is 5. The van der Waals surface area contributed by atoms with Gasteiger partial charge >= 0.3 is 0 Å². The van der Waals surface area contributed by atoms with Gasteiger partial charge in [0.2, 0.25) is 0 Å². The zero-order valence-corrected chi connectivity index (χ0v) is 11.1. The largest absolute Gasteiger partial charge is 0.359 e. The maximum absolute atomic E-state index is 4.52. The second-order valence-electron chi connectivity index (χ2n) is 4.23. The molecule has 2 rings (SSSR count). The lowest BCUT2D eigenvalue weighted by atomic mass is 10.1. The predicted octanol–water partition coefficient (Wildman–Crippen LogP) is 3.75. The molecule has 0 spiro atoms. The molecule has 1 aromatic heterocycles. The maximum atomic E-state index is 4.52. The molecule has 3 heteroatoms. The third-order valence-electron chi connectivity index (χ3n) is 2.67. The highest BCUT2D eigenvalue weighted by molar-refractivity contribution is 7.13. The van der Waals surface area contributed by atoms with Crippen LogP contribution >= 0.6 is 11.3 Å². The number of nitrogens with one attached hydrogen (secondary N) is 1. The predicted molar refractivity (Wildman–Crippen MR) is 74.7 cm³/mol. The molecule has 1 N–H and O–H groups in total. The Kier molecular flexibility index (Phi) is 4.15. The van der Waals surface area contributed by atoms with Gasteiger partial charge < -0.3 is 5.32 Å². The normalized spacial score (nSPS) is 12.4. The summed E-state index contributed by atoms with van der Waals surface area (Å²) in [6.45, 7) is 4.33. The Morgan fingerprint density at radius 3 is 2.71 bits per heavy atom. The quantitative estimate of drug-likeness (QED) is 0.869. The van der Waals surface area contributed by atoms with E-state index in [-0.39, 0.29) is 0 Å². The molecule has 0 amide bonds. The van der Waals surface area contributed by atoms with Crippen LogP contribution in [0.5, 0.6) is 0 Å². The average Bonchev–Trinajstić information content (AvgIpc) is 2.78. The number of benzene rings is 1. The first-order valence-corrected chi connectivity index (χ1v) is 6.90. The fourth-order valence-corrected chi connectivity index (χ4v) is 2.67. The molecule has 2 nitrogen and oxygen atoms in total. The van der Waals surface area contributed by atoms with Gasteiger partial charge in [-0.2, -0.15) is 0 Å². The first kappa shape index (κ1) is 12.1. The van der Waals surface area contributed by atoms with Crippen molar-refractivity contribution < 1.29 is 0 Å². The Balaban J connectivity index is 1.91. The maximum Gasteiger partial charge on any atom is 0.183 e. The highest BCUT2D eigenvalue weighted by Crippen LogP contribution is 2.17. The molecule has 1 heterocycles. The number of hydrogen-bond acceptors (Lipinski definition) is 3. The molecule has 0 saturated heterocycles. The van der Waals surface area contributed by atoms with E-state index in [1.807, 2.05) is 0 Å². The molecule has 0 aliphatic heterocycles. The minimum absolute atomic E-state index is 0.410. The molecule has 0 aliphatic rings. The van der Waals surface area contributed by atoms with Crippen molar-refractivity contribution in [1.82, 2.24) is 4.98 Å². The van der Waals surface area contributed by atoms with Crippen molar-refractivity contribution in [3.63, 3.8) is 0 Å². The van der Waals surface area contributed by atoms with Gasteiger partial charge in [-0.15, -0.1) is 11.3 Å². The molecule has 17 heavy (non-hydrogen) atoms. The lowest BCUT2D eigenvalue weighted by molar-refractivity contribution is 0.787. The fourth-order valence-electron chi connectivity index (χ4n) is 1.77. The van der Waals surface area contributed by atoms with Gasteiger partial charge in [0.1, 0.15) is 0 Å². The SMILES string of the molecule is CCc1csc(NC(C)Cc2ccccc2)n1. The number of hydrogen-bond donors (Lipinski definition) is 1. The Hall–Kier alpha value is -1.35. The number of aryl methyl sites for hydroxylation is 1.